The lowest BCUT2D eigenvalue weighted by atomic mass is 9.97. The summed E-state index contributed by atoms with van der Waals surface area (Å²) in [6.45, 7) is 0. The number of ether oxygens (including phenoxy) is 3. The molecule has 1 atom stereocenters. The Morgan fingerprint density at radius 3 is 2.58 bits per heavy atom. The molecule has 6 heteroatoms. The number of cyclic esters (lactones) is 1. The zero-order valence-corrected chi connectivity index (χ0v) is 13.2. The molecule has 0 amide bonds. The average molecular weight is 328 g/mol. The third-order valence-corrected chi connectivity index (χ3v) is 3.95. The van der Waals surface area contributed by atoms with E-state index in [1.165, 1.54) is 26.4 Å². The van der Waals surface area contributed by atoms with Gasteiger partial charge in [-0.2, -0.15) is 0 Å². The largest absolute Gasteiger partial charge is 0.507 e. The Morgan fingerprint density at radius 2 is 1.92 bits per heavy atom. The van der Waals surface area contributed by atoms with Crippen LogP contribution in [0.25, 0.3) is 0 Å². The maximum atomic E-state index is 12.4. The molecule has 124 valence electrons. The number of carbonyl (C=O) groups is 2. The molecule has 1 aliphatic rings. The van der Waals surface area contributed by atoms with Crippen LogP contribution in [0.3, 0.4) is 0 Å². The molecule has 1 N–H and O–H groups in total. The molecule has 0 aliphatic carbocycles. The van der Waals surface area contributed by atoms with Gasteiger partial charge in [0.25, 0.3) is 0 Å². The molecule has 6 nitrogen and oxygen atoms in total. The number of hydrogen-bond acceptors (Lipinski definition) is 6. The minimum absolute atomic E-state index is 0.0637. The lowest BCUT2D eigenvalue weighted by Crippen LogP contribution is -2.07. The quantitative estimate of drug-likeness (QED) is 0.671. The summed E-state index contributed by atoms with van der Waals surface area (Å²) in [5.74, 6) is -0.262. The Balaban J connectivity index is 1.93. The van der Waals surface area contributed by atoms with Crippen molar-refractivity contribution in [3.05, 3.63) is 53.1 Å². The first-order chi connectivity index (χ1) is 11.6. The maximum Gasteiger partial charge on any atom is 0.343 e. The van der Waals surface area contributed by atoms with Crippen molar-refractivity contribution >= 4 is 11.8 Å². The standard InChI is InChI=1S/C18H16O6/c1-22-14-8-7-11-15(24-18(21)16(11)17(14)23-2)9-13(20)10-5-3-4-6-12(10)19/h3-8,15,19H,9H2,1-2H3. The van der Waals surface area contributed by atoms with Gasteiger partial charge in [-0.25, -0.2) is 4.79 Å². The summed E-state index contributed by atoms with van der Waals surface area (Å²) in [6.07, 6.45) is -0.786. The number of ketones is 1. The van der Waals surface area contributed by atoms with Crippen molar-refractivity contribution in [2.75, 3.05) is 14.2 Å². The van der Waals surface area contributed by atoms with E-state index in [2.05, 4.69) is 0 Å². The van der Waals surface area contributed by atoms with Gasteiger partial charge in [-0.15, -0.1) is 0 Å². The van der Waals surface area contributed by atoms with E-state index in [1.54, 1.807) is 24.3 Å². The third kappa shape index (κ3) is 2.56. The van der Waals surface area contributed by atoms with E-state index in [0.717, 1.165) is 0 Å². The molecule has 2 aromatic rings. The molecule has 3 rings (SSSR count). The average Bonchev–Trinajstić information content (AvgIpc) is 2.90. The van der Waals surface area contributed by atoms with Crippen molar-refractivity contribution in [1.82, 2.24) is 0 Å². The molecule has 0 saturated carbocycles. The second-order valence-electron chi connectivity index (χ2n) is 5.30. The van der Waals surface area contributed by atoms with E-state index in [0.29, 0.717) is 11.3 Å². The van der Waals surface area contributed by atoms with Crippen molar-refractivity contribution in [2.24, 2.45) is 0 Å². The summed E-state index contributed by atoms with van der Waals surface area (Å²) in [5.41, 5.74) is 1.04. The molecule has 1 heterocycles. The van der Waals surface area contributed by atoms with E-state index in [9.17, 15) is 14.7 Å². The van der Waals surface area contributed by atoms with Gasteiger partial charge in [0.1, 0.15) is 17.4 Å². The Morgan fingerprint density at radius 1 is 1.17 bits per heavy atom. The van der Waals surface area contributed by atoms with Crippen LogP contribution in [0.2, 0.25) is 0 Å². The number of para-hydroxylation sites is 1. The van der Waals surface area contributed by atoms with Gasteiger partial charge >= 0.3 is 5.97 Å². The second-order valence-corrected chi connectivity index (χ2v) is 5.30. The summed E-state index contributed by atoms with van der Waals surface area (Å²) in [5, 5.41) is 9.79. The SMILES string of the molecule is COc1ccc2c(c1OC)C(=O)OC2CC(=O)c1ccccc1O. The van der Waals surface area contributed by atoms with Crippen molar-refractivity contribution in [3.8, 4) is 17.2 Å². The first-order valence-corrected chi connectivity index (χ1v) is 7.33. The topological polar surface area (TPSA) is 82.1 Å². The zero-order valence-electron chi connectivity index (χ0n) is 13.2. The highest BCUT2D eigenvalue weighted by Gasteiger charge is 2.37. The minimum Gasteiger partial charge on any atom is -0.507 e. The Kier molecular flexibility index (Phi) is 4.12. The number of rotatable bonds is 5. The molecule has 0 saturated heterocycles. The molecular weight excluding hydrogens is 312 g/mol. The van der Waals surface area contributed by atoms with Crippen molar-refractivity contribution < 1.29 is 28.9 Å². The van der Waals surface area contributed by atoms with Gasteiger partial charge in [0.05, 0.1) is 26.2 Å². The third-order valence-electron chi connectivity index (χ3n) is 3.95. The highest BCUT2D eigenvalue weighted by Crippen LogP contribution is 2.43. The van der Waals surface area contributed by atoms with Crippen LogP contribution in [0.5, 0.6) is 17.2 Å². The fraction of sp³-hybridized carbons (Fsp3) is 0.222. The number of phenolic OH excluding ortho intramolecular Hbond substituents is 1. The first-order valence-electron chi connectivity index (χ1n) is 7.33. The monoisotopic (exact) mass is 328 g/mol. The van der Waals surface area contributed by atoms with Gasteiger partial charge in [0, 0.05) is 5.56 Å². The highest BCUT2D eigenvalue weighted by molar-refractivity contribution is 6.01. The number of fused-ring (bicyclic) bond motifs is 1. The molecule has 1 unspecified atom stereocenters. The van der Waals surface area contributed by atoms with Crippen molar-refractivity contribution in [3.63, 3.8) is 0 Å². The normalized spacial score (nSPS) is 15.6. The van der Waals surface area contributed by atoms with Crippen LogP contribution in [0.1, 0.15) is 38.8 Å². The molecule has 0 spiro atoms. The van der Waals surface area contributed by atoms with Gasteiger partial charge in [0.15, 0.2) is 17.3 Å². The Bertz CT molecular complexity index is 811. The fourth-order valence-corrected chi connectivity index (χ4v) is 2.81. The molecule has 1 aliphatic heterocycles. The van der Waals surface area contributed by atoms with Crippen LogP contribution in [-0.4, -0.2) is 31.1 Å². The maximum absolute atomic E-state index is 12.4. The van der Waals surface area contributed by atoms with E-state index in [1.807, 2.05) is 0 Å². The molecule has 24 heavy (non-hydrogen) atoms. The first kappa shape index (κ1) is 15.9. The summed E-state index contributed by atoms with van der Waals surface area (Å²) in [7, 11) is 2.91. The lowest BCUT2D eigenvalue weighted by Gasteiger charge is -2.12. The number of carbonyl (C=O) groups excluding carboxylic acids is 2. The van der Waals surface area contributed by atoms with E-state index < -0.39 is 12.1 Å². The second kappa shape index (κ2) is 6.23. The highest BCUT2D eigenvalue weighted by atomic mass is 16.6. The van der Waals surface area contributed by atoms with Gasteiger partial charge in [-0.3, -0.25) is 4.79 Å². The molecular formula is C18H16O6. The smallest absolute Gasteiger partial charge is 0.343 e. The summed E-state index contributed by atoms with van der Waals surface area (Å²) < 4.78 is 15.8. The van der Waals surface area contributed by atoms with E-state index >= 15 is 0 Å². The van der Waals surface area contributed by atoms with Gasteiger partial charge < -0.3 is 19.3 Å². The molecule has 0 bridgehead atoms. The Hall–Kier alpha value is -3.02. The van der Waals surface area contributed by atoms with Crippen LogP contribution in [0.4, 0.5) is 0 Å². The van der Waals surface area contributed by atoms with Crippen LogP contribution < -0.4 is 9.47 Å². The number of esters is 1. The predicted molar refractivity (Wildman–Crippen MR) is 84.8 cm³/mol. The molecule has 2 aromatic carbocycles. The summed E-state index contributed by atoms with van der Waals surface area (Å²) >= 11 is 0. The van der Waals surface area contributed by atoms with Crippen LogP contribution in [0.15, 0.2) is 36.4 Å². The molecule has 0 radical (unpaired) electrons. The number of benzene rings is 2. The van der Waals surface area contributed by atoms with Crippen LogP contribution >= 0.6 is 0 Å². The predicted octanol–water partition coefficient (Wildman–Crippen LogP) is 2.89. The minimum atomic E-state index is -0.723. The number of aromatic hydroxyl groups is 1. The van der Waals surface area contributed by atoms with Gasteiger partial charge in [-0.05, 0) is 18.2 Å². The van der Waals surface area contributed by atoms with Gasteiger partial charge in [-0.1, -0.05) is 18.2 Å². The van der Waals surface area contributed by atoms with Crippen molar-refractivity contribution in [1.29, 1.82) is 0 Å². The number of Topliss-reactive ketones (excluding diaryl/α,β-unsaturated/α-hetero) is 1. The zero-order chi connectivity index (χ0) is 17.3. The van der Waals surface area contributed by atoms with E-state index in [-0.39, 0.29) is 34.8 Å². The van der Waals surface area contributed by atoms with Crippen molar-refractivity contribution in [2.45, 2.75) is 12.5 Å². The fourth-order valence-electron chi connectivity index (χ4n) is 2.81. The number of hydrogen-bond donors (Lipinski definition) is 1. The summed E-state index contributed by atoms with van der Waals surface area (Å²) in [4.78, 5) is 24.6. The molecule has 0 aromatic heterocycles. The number of methoxy groups -OCH3 is 2. The van der Waals surface area contributed by atoms with Crippen LogP contribution in [0, 0.1) is 0 Å². The summed E-state index contributed by atoms with van der Waals surface area (Å²) in [6, 6.07) is 9.62. The lowest BCUT2D eigenvalue weighted by molar-refractivity contribution is 0.0365. The van der Waals surface area contributed by atoms with E-state index in [4.69, 9.17) is 14.2 Å². The molecule has 0 fully saturated rings. The Labute approximate surface area is 138 Å². The van der Waals surface area contributed by atoms with Crippen LogP contribution in [-0.2, 0) is 4.74 Å². The number of phenols is 1. The van der Waals surface area contributed by atoms with Gasteiger partial charge in [0.2, 0.25) is 0 Å².